The minimum absolute atomic E-state index is 0.228. The topological polar surface area (TPSA) is 82.1 Å². The van der Waals surface area contributed by atoms with E-state index < -0.39 is 17.1 Å². The van der Waals surface area contributed by atoms with Gasteiger partial charge >= 0.3 is 5.97 Å². The summed E-state index contributed by atoms with van der Waals surface area (Å²) < 4.78 is 15.4. The number of benzene rings is 1. The van der Waals surface area contributed by atoms with E-state index in [0.717, 1.165) is 29.5 Å². The molecule has 0 aromatic heterocycles. The fraction of sp³-hybridized carbons (Fsp3) is 0.389. The van der Waals surface area contributed by atoms with Crippen LogP contribution in [0.3, 0.4) is 0 Å². The van der Waals surface area contributed by atoms with Gasteiger partial charge < -0.3 is 14.2 Å². The van der Waals surface area contributed by atoms with E-state index in [2.05, 4.69) is 0 Å². The van der Waals surface area contributed by atoms with Gasteiger partial charge in [-0.05, 0) is 42.0 Å². The molecule has 1 aromatic carbocycles. The van der Waals surface area contributed by atoms with Gasteiger partial charge in [0, 0.05) is 6.07 Å². The van der Waals surface area contributed by atoms with Crippen LogP contribution in [0.25, 0.3) is 6.08 Å². The first-order valence-electron chi connectivity index (χ1n) is 8.12. The van der Waals surface area contributed by atoms with Gasteiger partial charge in [0.25, 0.3) is 11.1 Å². The highest BCUT2D eigenvalue weighted by atomic mass is 32.2. The largest absolute Gasteiger partial charge is 0.497 e. The monoisotopic (exact) mass is 379 g/mol. The number of hydrogen-bond acceptors (Lipinski definition) is 7. The maximum absolute atomic E-state index is 12.4. The van der Waals surface area contributed by atoms with Crippen molar-refractivity contribution in [3.8, 4) is 11.5 Å². The van der Waals surface area contributed by atoms with Crippen LogP contribution in [-0.4, -0.2) is 49.4 Å². The lowest BCUT2D eigenvalue weighted by molar-refractivity contribution is -0.146. The lowest BCUT2D eigenvalue weighted by Gasteiger charge is -2.11. The van der Waals surface area contributed by atoms with E-state index in [1.165, 1.54) is 14.2 Å². The normalized spacial score (nSPS) is 15.5. The SMILES string of the molecule is CCCCOC(=O)CN1C(=O)S/C(=C/c2cc(OC)cc(OC)c2)C1=O. The summed E-state index contributed by atoms with van der Waals surface area (Å²) in [6, 6.07) is 5.14. The lowest BCUT2D eigenvalue weighted by Crippen LogP contribution is -2.34. The van der Waals surface area contributed by atoms with Crippen molar-refractivity contribution in [2.24, 2.45) is 0 Å². The molecule has 7 nitrogen and oxygen atoms in total. The summed E-state index contributed by atoms with van der Waals surface area (Å²) in [5.41, 5.74) is 0.650. The molecular formula is C18H21NO6S. The van der Waals surface area contributed by atoms with Gasteiger partial charge in [-0.15, -0.1) is 0 Å². The number of thioether (sulfide) groups is 1. The Bertz CT molecular complexity index is 708. The Morgan fingerprint density at radius 3 is 2.38 bits per heavy atom. The smallest absolute Gasteiger partial charge is 0.326 e. The Morgan fingerprint density at radius 2 is 1.81 bits per heavy atom. The zero-order valence-electron chi connectivity index (χ0n) is 14.9. The van der Waals surface area contributed by atoms with Crippen LogP contribution < -0.4 is 9.47 Å². The van der Waals surface area contributed by atoms with Crippen LogP contribution in [0, 0.1) is 0 Å². The zero-order chi connectivity index (χ0) is 19.1. The third-order valence-corrected chi connectivity index (χ3v) is 4.50. The predicted octanol–water partition coefficient (Wildman–Crippen LogP) is 3.08. The molecule has 0 radical (unpaired) electrons. The Morgan fingerprint density at radius 1 is 1.15 bits per heavy atom. The molecule has 0 spiro atoms. The molecule has 1 saturated heterocycles. The van der Waals surface area contributed by atoms with Crippen LogP contribution in [0.5, 0.6) is 11.5 Å². The number of hydrogen-bond donors (Lipinski definition) is 0. The molecule has 140 valence electrons. The van der Waals surface area contributed by atoms with Crippen molar-refractivity contribution >= 4 is 35.0 Å². The highest BCUT2D eigenvalue weighted by molar-refractivity contribution is 8.18. The van der Waals surface area contributed by atoms with E-state index in [1.807, 2.05) is 6.92 Å². The molecule has 1 heterocycles. The standard InChI is InChI=1S/C18H21NO6S/c1-4-5-6-25-16(20)11-19-17(21)15(26-18(19)22)9-12-7-13(23-2)10-14(8-12)24-3/h7-10H,4-6,11H2,1-3H3/b15-9+. The molecule has 26 heavy (non-hydrogen) atoms. The summed E-state index contributed by atoms with van der Waals surface area (Å²) in [4.78, 5) is 37.4. The molecule has 1 aromatic rings. The van der Waals surface area contributed by atoms with Crippen molar-refractivity contribution < 1.29 is 28.6 Å². The van der Waals surface area contributed by atoms with E-state index in [4.69, 9.17) is 14.2 Å². The summed E-state index contributed by atoms with van der Waals surface area (Å²) in [6.45, 7) is 1.88. The fourth-order valence-corrected chi connectivity index (χ4v) is 3.04. The molecule has 0 saturated carbocycles. The molecule has 1 aliphatic rings. The minimum atomic E-state index is -0.593. The van der Waals surface area contributed by atoms with Gasteiger partial charge in [0.2, 0.25) is 0 Å². The maximum atomic E-state index is 12.4. The van der Waals surface area contributed by atoms with Gasteiger partial charge in [-0.2, -0.15) is 0 Å². The van der Waals surface area contributed by atoms with Crippen molar-refractivity contribution in [3.63, 3.8) is 0 Å². The molecule has 0 unspecified atom stereocenters. The predicted molar refractivity (Wildman–Crippen MR) is 98.1 cm³/mol. The first kappa shape index (κ1) is 19.8. The van der Waals surface area contributed by atoms with Gasteiger partial charge in [-0.1, -0.05) is 13.3 Å². The number of carbonyl (C=O) groups is 3. The molecule has 1 aliphatic heterocycles. The van der Waals surface area contributed by atoms with Crippen LogP contribution in [0.15, 0.2) is 23.1 Å². The van der Waals surface area contributed by atoms with Crippen LogP contribution in [0.2, 0.25) is 0 Å². The number of methoxy groups -OCH3 is 2. The van der Waals surface area contributed by atoms with Crippen molar-refractivity contribution in [1.82, 2.24) is 4.90 Å². The van der Waals surface area contributed by atoms with Gasteiger partial charge in [-0.3, -0.25) is 19.3 Å². The van der Waals surface area contributed by atoms with Crippen LogP contribution in [0.4, 0.5) is 4.79 Å². The summed E-state index contributed by atoms with van der Waals surface area (Å²) in [7, 11) is 3.05. The Labute approximate surface area is 156 Å². The Kier molecular flexibility index (Phi) is 7.08. The third kappa shape index (κ3) is 5.01. The van der Waals surface area contributed by atoms with Gasteiger partial charge in [0.1, 0.15) is 18.0 Å². The number of carbonyl (C=O) groups excluding carboxylic acids is 3. The van der Waals surface area contributed by atoms with E-state index in [-0.39, 0.29) is 18.1 Å². The van der Waals surface area contributed by atoms with E-state index in [0.29, 0.717) is 17.1 Å². The number of amides is 2. The molecule has 0 N–H and O–H groups in total. The first-order chi connectivity index (χ1) is 12.5. The number of imide groups is 1. The number of nitrogens with zero attached hydrogens (tertiary/aromatic N) is 1. The highest BCUT2D eigenvalue weighted by Crippen LogP contribution is 2.33. The Balaban J connectivity index is 2.12. The van der Waals surface area contributed by atoms with Crippen LogP contribution in [0.1, 0.15) is 25.3 Å². The molecule has 1 fully saturated rings. The highest BCUT2D eigenvalue weighted by Gasteiger charge is 2.36. The third-order valence-electron chi connectivity index (χ3n) is 3.59. The number of rotatable bonds is 8. The number of ether oxygens (including phenoxy) is 3. The maximum Gasteiger partial charge on any atom is 0.326 e. The molecule has 0 atom stereocenters. The lowest BCUT2D eigenvalue weighted by atomic mass is 10.2. The first-order valence-corrected chi connectivity index (χ1v) is 8.94. The van der Waals surface area contributed by atoms with Crippen LogP contribution in [-0.2, 0) is 14.3 Å². The van der Waals surface area contributed by atoms with Gasteiger partial charge in [0.05, 0.1) is 25.7 Å². The van der Waals surface area contributed by atoms with E-state index >= 15 is 0 Å². The zero-order valence-corrected chi connectivity index (χ0v) is 15.8. The summed E-state index contributed by atoms with van der Waals surface area (Å²) in [5, 5.41) is -0.497. The molecule has 0 bridgehead atoms. The second-order valence-corrected chi connectivity index (χ2v) is 6.48. The van der Waals surface area contributed by atoms with Crippen molar-refractivity contribution in [2.75, 3.05) is 27.4 Å². The van der Waals surface area contributed by atoms with Gasteiger partial charge in [0.15, 0.2) is 0 Å². The molecule has 8 heteroatoms. The quantitative estimate of drug-likeness (QED) is 0.390. The minimum Gasteiger partial charge on any atom is -0.497 e. The number of unbranched alkanes of at least 4 members (excludes halogenated alkanes) is 1. The van der Waals surface area contributed by atoms with Crippen molar-refractivity contribution in [2.45, 2.75) is 19.8 Å². The van der Waals surface area contributed by atoms with Crippen molar-refractivity contribution in [3.05, 3.63) is 28.7 Å². The van der Waals surface area contributed by atoms with Crippen LogP contribution >= 0.6 is 11.8 Å². The average molecular weight is 379 g/mol. The number of esters is 1. The summed E-state index contributed by atoms with van der Waals surface area (Å²) >= 11 is 0.783. The fourth-order valence-electron chi connectivity index (χ4n) is 2.21. The Hall–Kier alpha value is -2.48. The van der Waals surface area contributed by atoms with E-state index in [1.54, 1.807) is 24.3 Å². The molecule has 2 amide bonds. The molecular weight excluding hydrogens is 358 g/mol. The summed E-state index contributed by atoms with van der Waals surface area (Å²) in [6.07, 6.45) is 3.20. The van der Waals surface area contributed by atoms with Gasteiger partial charge in [-0.25, -0.2) is 0 Å². The molecule has 0 aliphatic carbocycles. The second-order valence-electron chi connectivity index (χ2n) is 5.49. The van der Waals surface area contributed by atoms with Crippen molar-refractivity contribution in [1.29, 1.82) is 0 Å². The summed E-state index contributed by atoms with van der Waals surface area (Å²) in [5.74, 6) is 0.0166. The molecule has 2 rings (SSSR count). The second kappa shape index (κ2) is 9.28. The van der Waals surface area contributed by atoms with E-state index in [9.17, 15) is 14.4 Å². The average Bonchev–Trinajstić information content (AvgIpc) is 2.89.